The summed E-state index contributed by atoms with van der Waals surface area (Å²) in [5.41, 5.74) is 2.22. The van der Waals surface area contributed by atoms with E-state index in [1.807, 2.05) is 0 Å². The summed E-state index contributed by atoms with van der Waals surface area (Å²) in [6.07, 6.45) is 2.23. The molecule has 1 saturated carbocycles. The van der Waals surface area contributed by atoms with E-state index in [1.165, 1.54) is 18.2 Å². The zero-order valence-corrected chi connectivity index (χ0v) is 12.9. The van der Waals surface area contributed by atoms with Crippen LogP contribution in [0.2, 0.25) is 0 Å². The molecule has 0 radical (unpaired) electrons. The number of nitrogens with one attached hydrogen (secondary N) is 1. The highest BCUT2D eigenvalue weighted by atomic mass is 16.5. The van der Waals surface area contributed by atoms with Gasteiger partial charge in [0.25, 0.3) is 0 Å². The minimum atomic E-state index is -0.536. The van der Waals surface area contributed by atoms with Crippen molar-refractivity contribution in [3.63, 3.8) is 0 Å². The van der Waals surface area contributed by atoms with Gasteiger partial charge in [-0.15, -0.1) is 0 Å². The van der Waals surface area contributed by atoms with Crippen molar-refractivity contribution in [1.82, 2.24) is 10.2 Å². The molecule has 1 fully saturated rings. The van der Waals surface area contributed by atoms with E-state index in [-0.39, 0.29) is 5.97 Å². The molecule has 0 bridgehead atoms. The van der Waals surface area contributed by atoms with Crippen molar-refractivity contribution in [3.05, 3.63) is 35.4 Å². The van der Waals surface area contributed by atoms with E-state index in [2.05, 4.69) is 41.4 Å². The number of esters is 1. The second kappa shape index (κ2) is 5.78. The maximum absolute atomic E-state index is 12.5. The van der Waals surface area contributed by atoms with Crippen molar-refractivity contribution < 1.29 is 9.53 Å². The lowest BCUT2D eigenvalue weighted by atomic mass is 9.92. The smallest absolute Gasteiger partial charge is 0.327 e. The molecular formula is C17H24N2O2. The Balaban J connectivity index is 1.78. The standard InChI is InChI=1S/C17H24N2O2/c1-3-18-17(15-8-9-15,16(20)21-2)12-19-10-13-6-4-5-7-14(13)11-19/h4-7,15,18H,3,8-12H2,1-2H3. The molecule has 21 heavy (non-hydrogen) atoms. The molecule has 3 rings (SSSR count). The average molecular weight is 288 g/mol. The number of benzene rings is 1. The van der Waals surface area contributed by atoms with E-state index in [0.29, 0.717) is 5.92 Å². The third-order valence-electron chi connectivity index (χ3n) is 4.70. The van der Waals surface area contributed by atoms with Gasteiger partial charge in [0.1, 0.15) is 5.54 Å². The normalized spacial score (nSPS) is 20.9. The van der Waals surface area contributed by atoms with Gasteiger partial charge in [-0.25, -0.2) is 4.79 Å². The van der Waals surface area contributed by atoms with Gasteiger partial charge in [0.2, 0.25) is 0 Å². The summed E-state index contributed by atoms with van der Waals surface area (Å²) in [6.45, 7) is 5.41. The second-order valence-electron chi connectivity index (χ2n) is 6.18. The molecule has 1 unspecified atom stereocenters. The number of carbonyl (C=O) groups is 1. The first-order valence-corrected chi connectivity index (χ1v) is 7.82. The zero-order valence-electron chi connectivity index (χ0n) is 12.9. The summed E-state index contributed by atoms with van der Waals surface area (Å²) < 4.78 is 5.13. The molecule has 0 aromatic heterocycles. The summed E-state index contributed by atoms with van der Waals surface area (Å²) >= 11 is 0. The quantitative estimate of drug-likeness (QED) is 0.812. The third kappa shape index (κ3) is 2.70. The van der Waals surface area contributed by atoms with Gasteiger partial charge in [0.05, 0.1) is 7.11 Å². The van der Waals surface area contributed by atoms with Crippen LogP contribution in [0.1, 0.15) is 30.9 Å². The Morgan fingerprint density at radius 1 is 1.33 bits per heavy atom. The van der Waals surface area contributed by atoms with Crippen LogP contribution in [-0.2, 0) is 22.6 Å². The molecule has 1 aromatic carbocycles. The third-order valence-corrected chi connectivity index (χ3v) is 4.70. The van der Waals surface area contributed by atoms with E-state index >= 15 is 0 Å². The number of nitrogens with zero attached hydrogens (tertiary/aromatic N) is 1. The van der Waals surface area contributed by atoms with E-state index in [1.54, 1.807) is 0 Å². The number of hydrogen-bond donors (Lipinski definition) is 1. The van der Waals surface area contributed by atoms with Crippen LogP contribution in [0.25, 0.3) is 0 Å². The Kier molecular flexibility index (Phi) is 4.00. The van der Waals surface area contributed by atoms with Gasteiger partial charge in [-0.3, -0.25) is 4.90 Å². The molecule has 114 valence electrons. The molecule has 1 atom stereocenters. The Morgan fingerprint density at radius 2 is 1.95 bits per heavy atom. The molecular weight excluding hydrogens is 264 g/mol. The highest BCUT2D eigenvalue weighted by molar-refractivity contribution is 5.82. The van der Waals surface area contributed by atoms with Crippen molar-refractivity contribution in [2.75, 3.05) is 20.2 Å². The van der Waals surface area contributed by atoms with Crippen LogP contribution in [-0.4, -0.2) is 36.6 Å². The van der Waals surface area contributed by atoms with Crippen LogP contribution in [0.5, 0.6) is 0 Å². The topological polar surface area (TPSA) is 41.6 Å². The van der Waals surface area contributed by atoms with Crippen molar-refractivity contribution in [2.45, 2.75) is 38.4 Å². The first-order valence-electron chi connectivity index (χ1n) is 7.82. The Morgan fingerprint density at radius 3 is 2.43 bits per heavy atom. The monoisotopic (exact) mass is 288 g/mol. The van der Waals surface area contributed by atoms with Crippen LogP contribution in [0.4, 0.5) is 0 Å². The Hall–Kier alpha value is -1.39. The number of rotatable bonds is 6. The first kappa shape index (κ1) is 14.5. The van der Waals surface area contributed by atoms with E-state index in [9.17, 15) is 4.79 Å². The van der Waals surface area contributed by atoms with Crippen molar-refractivity contribution in [2.24, 2.45) is 5.92 Å². The average Bonchev–Trinajstić information content (AvgIpc) is 3.26. The lowest BCUT2D eigenvalue weighted by Crippen LogP contribution is -2.60. The number of fused-ring (bicyclic) bond motifs is 1. The van der Waals surface area contributed by atoms with Gasteiger partial charge >= 0.3 is 5.97 Å². The van der Waals surface area contributed by atoms with Crippen molar-refractivity contribution >= 4 is 5.97 Å². The Labute approximate surface area is 126 Å². The summed E-state index contributed by atoms with van der Waals surface area (Å²) in [5.74, 6) is 0.302. The largest absolute Gasteiger partial charge is 0.468 e. The fourth-order valence-corrected chi connectivity index (χ4v) is 3.57. The summed E-state index contributed by atoms with van der Waals surface area (Å²) in [7, 11) is 1.50. The van der Waals surface area contributed by atoms with Crippen LogP contribution >= 0.6 is 0 Å². The maximum Gasteiger partial charge on any atom is 0.327 e. The zero-order chi connectivity index (χ0) is 14.9. The minimum absolute atomic E-state index is 0.109. The number of ether oxygens (including phenoxy) is 1. The highest BCUT2D eigenvalue weighted by Gasteiger charge is 2.52. The van der Waals surface area contributed by atoms with Gasteiger partial charge in [0.15, 0.2) is 0 Å². The van der Waals surface area contributed by atoms with E-state index < -0.39 is 5.54 Å². The lowest BCUT2D eigenvalue weighted by molar-refractivity contribution is -0.151. The van der Waals surface area contributed by atoms with Gasteiger partial charge < -0.3 is 10.1 Å². The molecule has 0 spiro atoms. The highest BCUT2D eigenvalue weighted by Crippen LogP contribution is 2.42. The van der Waals surface area contributed by atoms with E-state index in [0.717, 1.165) is 39.0 Å². The SMILES string of the molecule is CCNC(CN1Cc2ccccc2C1)(C(=O)OC)C1CC1. The predicted molar refractivity (Wildman–Crippen MR) is 81.7 cm³/mol. The molecule has 4 nitrogen and oxygen atoms in total. The van der Waals surface area contributed by atoms with Gasteiger partial charge in [-0.2, -0.15) is 0 Å². The predicted octanol–water partition coefficient (Wildman–Crippen LogP) is 1.93. The number of likely N-dealkylation sites (N-methyl/N-ethyl adjacent to an activating group) is 1. The van der Waals surface area contributed by atoms with Crippen LogP contribution in [0.3, 0.4) is 0 Å². The number of hydrogen-bond acceptors (Lipinski definition) is 4. The second-order valence-corrected chi connectivity index (χ2v) is 6.18. The van der Waals surface area contributed by atoms with Crippen molar-refractivity contribution in [1.29, 1.82) is 0 Å². The van der Waals surface area contributed by atoms with Crippen LogP contribution < -0.4 is 5.32 Å². The van der Waals surface area contributed by atoms with Crippen LogP contribution in [0, 0.1) is 5.92 Å². The fraction of sp³-hybridized carbons (Fsp3) is 0.588. The van der Waals surface area contributed by atoms with E-state index in [4.69, 9.17) is 4.74 Å². The molecule has 2 aliphatic rings. The molecule has 1 aromatic rings. The Bertz CT molecular complexity index is 502. The molecule has 0 amide bonds. The molecule has 1 aliphatic carbocycles. The summed E-state index contributed by atoms with van der Waals surface area (Å²) in [4.78, 5) is 14.8. The molecule has 1 aliphatic heterocycles. The minimum Gasteiger partial charge on any atom is -0.468 e. The molecule has 0 saturated heterocycles. The first-order chi connectivity index (χ1) is 10.2. The van der Waals surface area contributed by atoms with Gasteiger partial charge in [-0.05, 0) is 36.4 Å². The fourth-order valence-electron chi connectivity index (χ4n) is 3.57. The van der Waals surface area contributed by atoms with Crippen molar-refractivity contribution in [3.8, 4) is 0 Å². The van der Waals surface area contributed by atoms with Crippen LogP contribution in [0.15, 0.2) is 24.3 Å². The number of carbonyl (C=O) groups excluding carboxylic acids is 1. The maximum atomic E-state index is 12.5. The molecule has 1 N–H and O–H groups in total. The molecule has 4 heteroatoms. The van der Waals surface area contributed by atoms with Gasteiger partial charge in [-0.1, -0.05) is 31.2 Å². The van der Waals surface area contributed by atoms with Gasteiger partial charge in [0, 0.05) is 19.6 Å². The molecule has 1 heterocycles. The summed E-state index contributed by atoms with van der Waals surface area (Å²) in [5, 5.41) is 3.45. The lowest BCUT2D eigenvalue weighted by Gasteiger charge is -2.35. The number of methoxy groups -OCH3 is 1. The summed E-state index contributed by atoms with van der Waals surface area (Å²) in [6, 6.07) is 8.53.